The Kier molecular flexibility index (Phi) is 7.52. The third-order valence-corrected chi connectivity index (χ3v) is 7.78. The third kappa shape index (κ3) is 5.24. The monoisotopic (exact) mass is 525 g/mol. The Bertz CT molecular complexity index is 1000. The molecule has 0 bridgehead atoms. The number of fused-ring (bicyclic) bond motifs is 1. The maximum atomic E-state index is 15.3. The van der Waals surface area contributed by atoms with Crippen LogP contribution < -0.4 is 21.3 Å². The van der Waals surface area contributed by atoms with Gasteiger partial charge in [-0.15, -0.1) is 0 Å². The second-order valence-corrected chi connectivity index (χ2v) is 10.5. The van der Waals surface area contributed by atoms with Crippen molar-refractivity contribution in [1.82, 2.24) is 35.1 Å². The molecule has 14 heteroatoms. The van der Waals surface area contributed by atoms with E-state index in [4.69, 9.17) is 10.5 Å². The van der Waals surface area contributed by atoms with Crippen molar-refractivity contribution in [3.05, 3.63) is 5.56 Å². The zero-order valence-corrected chi connectivity index (χ0v) is 21.4. The number of carbonyl (C=O) groups excluding carboxylic acids is 2. The zero-order chi connectivity index (χ0) is 26.3. The Balaban J connectivity index is 1.25. The summed E-state index contributed by atoms with van der Waals surface area (Å²) in [4.78, 5) is 33.8. The van der Waals surface area contributed by atoms with Gasteiger partial charge in [0.15, 0.2) is 5.82 Å². The first-order chi connectivity index (χ1) is 17.7. The molecule has 4 aliphatic heterocycles. The normalized spacial score (nSPS) is 31.7. The lowest BCUT2D eigenvalue weighted by Gasteiger charge is -2.46. The first-order valence-electron chi connectivity index (χ1n) is 12.9. The van der Waals surface area contributed by atoms with Crippen molar-refractivity contribution in [3.63, 3.8) is 0 Å². The maximum Gasteiger partial charge on any atom is 0.259 e. The van der Waals surface area contributed by atoms with Crippen LogP contribution in [0.2, 0.25) is 0 Å². The molecule has 5 atom stereocenters. The second kappa shape index (κ2) is 10.7. The lowest BCUT2D eigenvalue weighted by atomic mass is 9.96. The summed E-state index contributed by atoms with van der Waals surface area (Å²) in [6.07, 6.45) is -2.78. The largest absolute Gasteiger partial charge is 0.381 e. The molecule has 4 N–H and O–H groups in total. The molecule has 0 spiro atoms. The number of amides is 2. The minimum Gasteiger partial charge on any atom is -0.381 e. The molecular formula is C23H37F2N9O3. The van der Waals surface area contributed by atoms with Gasteiger partial charge in [-0.2, -0.15) is 5.10 Å². The van der Waals surface area contributed by atoms with Crippen LogP contribution in [0.15, 0.2) is 0 Å². The number of carbonyl (C=O) groups is 2. The number of nitrogens with zero attached hydrogens (tertiary/aromatic N) is 6. The van der Waals surface area contributed by atoms with Gasteiger partial charge in [0.1, 0.15) is 29.8 Å². The summed E-state index contributed by atoms with van der Waals surface area (Å²) in [5.41, 5.74) is 6.24. The molecule has 3 saturated heterocycles. The number of rotatable bonds is 4. The van der Waals surface area contributed by atoms with Gasteiger partial charge in [0.2, 0.25) is 0 Å². The Hall–Kier alpha value is -2.55. The van der Waals surface area contributed by atoms with E-state index in [0.717, 1.165) is 6.54 Å². The van der Waals surface area contributed by atoms with Crippen molar-refractivity contribution in [3.8, 4) is 0 Å². The van der Waals surface area contributed by atoms with Crippen LogP contribution in [0.5, 0.6) is 0 Å². The number of nitrogens with two attached hydrogens (primary N) is 1. The average Bonchev–Trinajstić information content (AvgIpc) is 3.20. The van der Waals surface area contributed by atoms with Gasteiger partial charge in [-0.3, -0.25) is 14.5 Å². The highest BCUT2D eigenvalue weighted by Crippen LogP contribution is 2.30. The van der Waals surface area contributed by atoms with E-state index < -0.39 is 36.4 Å². The number of halogens is 2. The number of morpholine rings is 1. The lowest BCUT2D eigenvalue weighted by molar-refractivity contribution is -0.151. The fraction of sp³-hybridized carbons (Fsp3) is 0.783. The standard InChI is InChI=1S/C23H37F2N9O3/c1-30-7-8-37-17(13-30)23(36)33-5-3-32(4-6-33)19-15(25)9-27-10-16(19)28-21(35)18-20(26)29-34-12-14(24)11-31(2)22(18)34/h14-17,19,27H,3-13H2,1-2H3,(H2,26,29)(H,28,35). The van der Waals surface area contributed by atoms with Crippen LogP contribution in [0.4, 0.5) is 20.4 Å². The predicted octanol–water partition coefficient (Wildman–Crippen LogP) is -1.86. The molecule has 37 heavy (non-hydrogen) atoms. The molecular weight excluding hydrogens is 488 g/mol. The number of hydrogen-bond acceptors (Lipinski definition) is 9. The highest BCUT2D eigenvalue weighted by Gasteiger charge is 2.42. The van der Waals surface area contributed by atoms with Crippen LogP contribution in [0.3, 0.4) is 0 Å². The Morgan fingerprint density at radius 2 is 1.84 bits per heavy atom. The van der Waals surface area contributed by atoms with E-state index in [1.807, 2.05) is 11.9 Å². The van der Waals surface area contributed by atoms with Crippen LogP contribution in [0.1, 0.15) is 10.4 Å². The summed E-state index contributed by atoms with van der Waals surface area (Å²) < 4.78 is 36.4. The van der Waals surface area contributed by atoms with E-state index in [1.165, 1.54) is 4.68 Å². The molecule has 2 amide bonds. The summed E-state index contributed by atoms with van der Waals surface area (Å²) >= 11 is 0. The van der Waals surface area contributed by atoms with Crippen molar-refractivity contribution >= 4 is 23.5 Å². The highest BCUT2D eigenvalue weighted by molar-refractivity contribution is 6.03. The number of nitrogens with one attached hydrogen (secondary N) is 2. The number of likely N-dealkylation sites (N-methyl/N-ethyl adjacent to an activating group) is 1. The van der Waals surface area contributed by atoms with Gasteiger partial charge in [0, 0.05) is 59.4 Å². The number of hydrogen-bond donors (Lipinski definition) is 3. The summed E-state index contributed by atoms with van der Waals surface area (Å²) in [5.74, 6) is -0.00237. The lowest BCUT2D eigenvalue weighted by Crippen LogP contribution is -2.67. The van der Waals surface area contributed by atoms with Gasteiger partial charge < -0.3 is 35.8 Å². The van der Waals surface area contributed by atoms with Gasteiger partial charge in [-0.25, -0.2) is 13.5 Å². The summed E-state index contributed by atoms with van der Waals surface area (Å²) in [7, 11) is 3.66. The topological polar surface area (TPSA) is 124 Å². The number of anilines is 2. The third-order valence-electron chi connectivity index (χ3n) is 7.78. The van der Waals surface area contributed by atoms with E-state index in [0.29, 0.717) is 51.7 Å². The Labute approximate surface area is 215 Å². The molecule has 5 heterocycles. The number of ether oxygens (including phenoxy) is 1. The smallest absolute Gasteiger partial charge is 0.259 e. The van der Waals surface area contributed by atoms with E-state index >= 15 is 4.39 Å². The van der Waals surface area contributed by atoms with Crippen molar-refractivity contribution in [2.45, 2.75) is 37.1 Å². The SMILES string of the molecule is CN1CCOC(C(=O)N2CCN(C3C(F)CNCC3NC(=O)c3c(N)nn4c3N(C)CC(F)C4)CC2)C1. The minimum absolute atomic E-state index is 0.0215. The number of alkyl halides is 2. The van der Waals surface area contributed by atoms with Crippen molar-refractivity contribution < 1.29 is 23.1 Å². The molecule has 0 saturated carbocycles. The first kappa shape index (κ1) is 26.1. The fourth-order valence-corrected chi connectivity index (χ4v) is 5.93. The second-order valence-electron chi connectivity index (χ2n) is 10.5. The van der Waals surface area contributed by atoms with E-state index in [2.05, 4.69) is 20.6 Å². The van der Waals surface area contributed by atoms with Crippen LogP contribution in [0, 0.1) is 0 Å². The molecule has 1 aromatic heterocycles. The van der Waals surface area contributed by atoms with E-state index in [1.54, 1.807) is 16.8 Å². The summed E-state index contributed by atoms with van der Waals surface area (Å²) in [6, 6.07) is -1.08. The molecule has 206 valence electrons. The predicted molar refractivity (Wildman–Crippen MR) is 133 cm³/mol. The molecule has 0 radical (unpaired) electrons. The Morgan fingerprint density at radius 1 is 1.08 bits per heavy atom. The molecule has 3 fully saturated rings. The molecule has 0 aromatic carbocycles. The summed E-state index contributed by atoms with van der Waals surface area (Å²) in [6.45, 7) is 4.58. The summed E-state index contributed by atoms with van der Waals surface area (Å²) in [5, 5.41) is 10.2. The number of nitrogen functional groups attached to an aromatic ring is 1. The van der Waals surface area contributed by atoms with Crippen LogP contribution in [-0.4, -0.2) is 146 Å². The van der Waals surface area contributed by atoms with Gasteiger partial charge in [0.05, 0.1) is 31.8 Å². The van der Waals surface area contributed by atoms with Gasteiger partial charge in [0.25, 0.3) is 11.8 Å². The molecule has 5 rings (SSSR count). The van der Waals surface area contributed by atoms with E-state index in [9.17, 15) is 14.0 Å². The van der Waals surface area contributed by atoms with Crippen LogP contribution in [-0.2, 0) is 16.1 Å². The van der Waals surface area contributed by atoms with Crippen molar-refractivity contribution in [1.29, 1.82) is 0 Å². The first-order valence-corrected chi connectivity index (χ1v) is 12.9. The van der Waals surface area contributed by atoms with Crippen molar-refractivity contribution in [2.24, 2.45) is 0 Å². The van der Waals surface area contributed by atoms with Crippen molar-refractivity contribution in [2.75, 3.05) is 90.2 Å². The minimum atomic E-state index is -1.20. The average molecular weight is 526 g/mol. The fourth-order valence-electron chi connectivity index (χ4n) is 5.93. The molecule has 5 unspecified atom stereocenters. The van der Waals surface area contributed by atoms with Gasteiger partial charge in [-0.1, -0.05) is 0 Å². The van der Waals surface area contributed by atoms with Crippen LogP contribution >= 0.6 is 0 Å². The Morgan fingerprint density at radius 3 is 2.57 bits per heavy atom. The number of aromatic nitrogens is 2. The number of piperazine rings is 1. The highest BCUT2D eigenvalue weighted by atomic mass is 19.1. The molecule has 1 aromatic rings. The maximum absolute atomic E-state index is 15.3. The van der Waals surface area contributed by atoms with E-state index in [-0.39, 0.29) is 36.9 Å². The molecule has 0 aliphatic carbocycles. The number of piperidine rings is 1. The van der Waals surface area contributed by atoms with Gasteiger partial charge in [-0.05, 0) is 7.05 Å². The molecule has 4 aliphatic rings. The quantitative estimate of drug-likeness (QED) is 0.415. The van der Waals surface area contributed by atoms with Gasteiger partial charge >= 0.3 is 0 Å². The van der Waals surface area contributed by atoms with Crippen LogP contribution in [0.25, 0.3) is 0 Å². The molecule has 12 nitrogen and oxygen atoms in total. The zero-order valence-electron chi connectivity index (χ0n) is 21.4.